The number of carbonyl (C=O) groups is 2. The van der Waals surface area contributed by atoms with Crippen molar-refractivity contribution < 1.29 is 9.59 Å². The third kappa shape index (κ3) is 2.67. The standard InChI is InChI=1S/C16H13N3O2/c1-10(20)11-6-8-12(9-7-11)17-16(21)15-18-13-4-2-3-5-14(13)19-15/h2-9H,1H3,(H,17,21)(H,18,19). The fourth-order valence-corrected chi connectivity index (χ4v) is 2.04. The second-order valence-electron chi connectivity index (χ2n) is 4.69. The van der Waals surface area contributed by atoms with Crippen LogP contribution in [0.2, 0.25) is 0 Å². The van der Waals surface area contributed by atoms with Crippen LogP contribution in [0.25, 0.3) is 11.0 Å². The fourth-order valence-electron chi connectivity index (χ4n) is 2.04. The number of para-hydroxylation sites is 2. The van der Waals surface area contributed by atoms with Gasteiger partial charge in [-0.1, -0.05) is 12.1 Å². The second-order valence-corrected chi connectivity index (χ2v) is 4.69. The monoisotopic (exact) mass is 279 g/mol. The van der Waals surface area contributed by atoms with Crippen molar-refractivity contribution in [2.75, 3.05) is 5.32 Å². The maximum atomic E-state index is 12.1. The number of anilines is 1. The van der Waals surface area contributed by atoms with Gasteiger partial charge < -0.3 is 10.3 Å². The minimum absolute atomic E-state index is 0.00911. The van der Waals surface area contributed by atoms with E-state index in [1.807, 2.05) is 24.3 Å². The summed E-state index contributed by atoms with van der Waals surface area (Å²) in [6.45, 7) is 1.50. The molecule has 0 spiro atoms. The number of rotatable bonds is 3. The van der Waals surface area contributed by atoms with E-state index in [0.717, 1.165) is 11.0 Å². The zero-order valence-corrected chi connectivity index (χ0v) is 11.4. The molecule has 21 heavy (non-hydrogen) atoms. The lowest BCUT2D eigenvalue weighted by Crippen LogP contribution is -2.13. The van der Waals surface area contributed by atoms with Crippen molar-refractivity contribution >= 4 is 28.4 Å². The summed E-state index contributed by atoms with van der Waals surface area (Å²) in [7, 11) is 0. The highest BCUT2D eigenvalue weighted by atomic mass is 16.2. The van der Waals surface area contributed by atoms with E-state index in [4.69, 9.17) is 0 Å². The summed E-state index contributed by atoms with van der Waals surface area (Å²) in [6.07, 6.45) is 0. The molecule has 1 aromatic heterocycles. The van der Waals surface area contributed by atoms with Crippen LogP contribution in [0.15, 0.2) is 48.5 Å². The van der Waals surface area contributed by atoms with E-state index in [0.29, 0.717) is 11.3 Å². The molecule has 5 heteroatoms. The Labute approximate surface area is 121 Å². The van der Waals surface area contributed by atoms with Crippen molar-refractivity contribution in [2.24, 2.45) is 0 Å². The number of H-pyrrole nitrogens is 1. The Kier molecular flexibility index (Phi) is 3.23. The number of aromatic amines is 1. The number of imidazole rings is 1. The first kappa shape index (κ1) is 13.1. The van der Waals surface area contributed by atoms with E-state index in [9.17, 15) is 9.59 Å². The van der Waals surface area contributed by atoms with Crippen molar-refractivity contribution in [3.8, 4) is 0 Å². The number of nitrogens with one attached hydrogen (secondary N) is 2. The number of carbonyl (C=O) groups excluding carboxylic acids is 2. The van der Waals surface area contributed by atoms with Gasteiger partial charge in [-0.3, -0.25) is 9.59 Å². The summed E-state index contributed by atoms with van der Waals surface area (Å²) < 4.78 is 0. The highest BCUT2D eigenvalue weighted by Gasteiger charge is 2.11. The molecule has 0 saturated carbocycles. The van der Waals surface area contributed by atoms with Gasteiger partial charge in [0.05, 0.1) is 11.0 Å². The number of fused-ring (bicyclic) bond motifs is 1. The Morgan fingerprint density at radius 1 is 1.05 bits per heavy atom. The van der Waals surface area contributed by atoms with Crippen LogP contribution in [0, 0.1) is 0 Å². The molecule has 3 aromatic rings. The number of ketones is 1. The van der Waals surface area contributed by atoms with E-state index in [-0.39, 0.29) is 17.5 Å². The molecule has 0 unspecified atom stereocenters. The lowest BCUT2D eigenvalue weighted by Gasteiger charge is -2.03. The van der Waals surface area contributed by atoms with Crippen LogP contribution in [0.4, 0.5) is 5.69 Å². The number of hydrogen-bond donors (Lipinski definition) is 2. The zero-order chi connectivity index (χ0) is 14.8. The van der Waals surface area contributed by atoms with Gasteiger partial charge in [0.1, 0.15) is 0 Å². The van der Waals surface area contributed by atoms with Crippen LogP contribution in [-0.2, 0) is 0 Å². The second kappa shape index (κ2) is 5.20. The average molecular weight is 279 g/mol. The molecule has 0 saturated heterocycles. The molecular weight excluding hydrogens is 266 g/mol. The average Bonchev–Trinajstić information content (AvgIpc) is 2.92. The number of Topliss-reactive ketones (excluding diaryl/α,β-unsaturated/α-hetero) is 1. The molecule has 0 radical (unpaired) electrons. The van der Waals surface area contributed by atoms with E-state index >= 15 is 0 Å². The summed E-state index contributed by atoms with van der Waals surface area (Å²) in [5, 5.41) is 2.74. The topological polar surface area (TPSA) is 74.8 Å². The molecule has 0 aliphatic heterocycles. The van der Waals surface area contributed by atoms with Crippen LogP contribution >= 0.6 is 0 Å². The molecule has 5 nitrogen and oxygen atoms in total. The molecule has 2 aromatic carbocycles. The first-order chi connectivity index (χ1) is 10.1. The Morgan fingerprint density at radius 3 is 2.43 bits per heavy atom. The van der Waals surface area contributed by atoms with E-state index in [2.05, 4.69) is 15.3 Å². The molecular formula is C16H13N3O2. The maximum Gasteiger partial charge on any atom is 0.291 e. The van der Waals surface area contributed by atoms with Gasteiger partial charge in [0.25, 0.3) is 5.91 Å². The van der Waals surface area contributed by atoms with Crippen LogP contribution < -0.4 is 5.32 Å². The van der Waals surface area contributed by atoms with Gasteiger partial charge in [0, 0.05) is 11.3 Å². The van der Waals surface area contributed by atoms with Gasteiger partial charge in [-0.25, -0.2) is 4.98 Å². The van der Waals surface area contributed by atoms with Crippen LogP contribution in [0.1, 0.15) is 27.9 Å². The lowest BCUT2D eigenvalue weighted by atomic mass is 10.1. The molecule has 1 heterocycles. The van der Waals surface area contributed by atoms with Gasteiger partial charge in [-0.2, -0.15) is 0 Å². The molecule has 0 bridgehead atoms. The summed E-state index contributed by atoms with van der Waals surface area (Å²) in [5.41, 5.74) is 2.78. The Bertz CT molecular complexity index is 786. The number of aromatic nitrogens is 2. The zero-order valence-electron chi connectivity index (χ0n) is 11.4. The number of amides is 1. The van der Waals surface area contributed by atoms with Gasteiger partial charge in [0.2, 0.25) is 0 Å². The first-order valence-corrected chi connectivity index (χ1v) is 6.50. The lowest BCUT2D eigenvalue weighted by molar-refractivity contribution is 0.101. The molecule has 0 atom stereocenters. The normalized spacial score (nSPS) is 10.5. The summed E-state index contributed by atoms with van der Waals surface area (Å²) in [5.74, 6) is -0.0706. The first-order valence-electron chi connectivity index (χ1n) is 6.50. The molecule has 104 valence electrons. The molecule has 3 rings (SSSR count). The van der Waals surface area contributed by atoms with Gasteiger partial charge in [0.15, 0.2) is 11.6 Å². The SMILES string of the molecule is CC(=O)c1ccc(NC(=O)c2nc3ccccc3[nH]2)cc1. The van der Waals surface area contributed by atoms with E-state index in [1.54, 1.807) is 24.3 Å². The van der Waals surface area contributed by atoms with Crippen molar-refractivity contribution in [2.45, 2.75) is 6.92 Å². The fraction of sp³-hybridized carbons (Fsp3) is 0.0625. The van der Waals surface area contributed by atoms with E-state index < -0.39 is 0 Å². The third-order valence-electron chi connectivity index (χ3n) is 3.15. The van der Waals surface area contributed by atoms with Crippen LogP contribution in [-0.4, -0.2) is 21.7 Å². The Balaban J connectivity index is 1.80. The van der Waals surface area contributed by atoms with Crippen molar-refractivity contribution in [3.63, 3.8) is 0 Å². The van der Waals surface area contributed by atoms with Crippen molar-refractivity contribution in [1.82, 2.24) is 9.97 Å². The van der Waals surface area contributed by atoms with Gasteiger partial charge >= 0.3 is 0 Å². The molecule has 2 N–H and O–H groups in total. The minimum Gasteiger partial charge on any atom is -0.334 e. The van der Waals surface area contributed by atoms with Crippen molar-refractivity contribution in [3.05, 3.63) is 59.9 Å². The molecule has 0 aliphatic carbocycles. The predicted molar refractivity (Wildman–Crippen MR) is 80.5 cm³/mol. The highest BCUT2D eigenvalue weighted by Crippen LogP contribution is 2.13. The maximum absolute atomic E-state index is 12.1. The summed E-state index contributed by atoms with van der Waals surface area (Å²) in [4.78, 5) is 30.5. The minimum atomic E-state index is -0.318. The van der Waals surface area contributed by atoms with Crippen LogP contribution in [0.3, 0.4) is 0 Å². The predicted octanol–water partition coefficient (Wildman–Crippen LogP) is 3.02. The van der Waals surface area contributed by atoms with Crippen molar-refractivity contribution in [1.29, 1.82) is 0 Å². The smallest absolute Gasteiger partial charge is 0.291 e. The van der Waals surface area contributed by atoms with E-state index in [1.165, 1.54) is 6.92 Å². The number of nitrogens with zero attached hydrogens (tertiary/aromatic N) is 1. The Hall–Kier alpha value is -2.95. The summed E-state index contributed by atoms with van der Waals surface area (Å²) in [6, 6.07) is 14.2. The summed E-state index contributed by atoms with van der Waals surface area (Å²) >= 11 is 0. The largest absolute Gasteiger partial charge is 0.334 e. The molecule has 0 fully saturated rings. The Morgan fingerprint density at radius 2 is 1.76 bits per heavy atom. The van der Waals surface area contributed by atoms with Crippen LogP contribution in [0.5, 0.6) is 0 Å². The van der Waals surface area contributed by atoms with Gasteiger partial charge in [-0.15, -0.1) is 0 Å². The highest BCUT2D eigenvalue weighted by molar-refractivity contribution is 6.03. The molecule has 1 amide bonds. The number of benzene rings is 2. The number of hydrogen-bond acceptors (Lipinski definition) is 3. The third-order valence-corrected chi connectivity index (χ3v) is 3.15. The molecule has 0 aliphatic rings. The van der Waals surface area contributed by atoms with Gasteiger partial charge in [-0.05, 0) is 43.3 Å². The quantitative estimate of drug-likeness (QED) is 0.724.